The molecular formula is C19H13N3O3S. The zero-order chi connectivity index (χ0) is 17.9. The first-order chi connectivity index (χ1) is 12.7. The average Bonchev–Trinajstić information content (AvgIpc) is 3.15. The van der Waals surface area contributed by atoms with E-state index in [1.54, 1.807) is 35.7 Å². The van der Waals surface area contributed by atoms with Crippen molar-refractivity contribution in [3.05, 3.63) is 82.0 Å². The average molecular weight is 363 g/mol. The first-order valence-electron chi connectivity index (χ1n) is 7.87. The Kier molecular flexibility index (Phi) is 4.28. The molecule has 0 aliphatic rings. The van der Waals surface area contributed by atoms with Gasteiger partial charge in [-0.1, -0.05) is 30.3 Å². The maximum Gasteiger partial charge on any atom is 0.279 e. The molecule has 0 radical (unpaired) electrons. The number of hydrogen-bond acceptors (Lipinski definition) is 6. The van der Waals surface area contributed by atoms with E-state index in [-0.39, 0.29) is 12.3 Å². The van der Waals surface area contributed by atoms with Crippen LogP contribution in [0.4, 0.5) is 5.69 Å². The van der Waals surface area contributed by atoms with E-state index in [9.17, 15) is 10.1 Å². The highest BCUT2D eigenvalue weighted by atomic mass is 32.1. The highest BCUT2D eigenvalue weighted by molar-refractivity contribution is 7.13. The molecule has 0 atom stereocenters. The standard InChI is InChI=1S/C19H13N3O3S/c23-22(24)16-8-9-17(18-15(16)7-4-10-20-18)25-11-14-12-26-19(21-14)13-5-2-1-3-6-13/h1-10,12H,11H2. The molecule has 0 unspecified atom stereocenters. The van der Waals surface area contributed by atoms with Gasteiger partial charge >= 0.3 is 0 Å². The van der Waals surface area contributed by atoms with Crippen molar-refractivity contribution in [3.8, 4) is 16.3 Å². The highest BCUT2D eigenvalue weighted by Crippen LogP contribution is 2.32. The van der Waals surface area contributed by atoms with Crippen LogP contribution in [0.25, 0.3) is 21.5 Å². The minimum Gasteiger partial charge on any atom is -0.485 e. The second kappa shape index (κ2) is 6.89. The van der Waals surface area contributed by atoms with E-state index in [0.717, 1.165) is 16.3 Å². The summed E-state index contributed by atoms with van der Waals surface area (Å²) in [4.78, 5) is 19.6. The highest BCUT2D eigenvalue weighted by Gasteiger charge is 2.16. The SMILES string of the molecule is O=[N+]([O-])c1ccc(OCc2csc(-c3ccccc3)n2)c2ncccc12. The van der Waals surface area contributed by atoms with Gasteiger partial charge in [-0.3, -0.25) is 15.1 Å². The van der Waals surface area contributed by atoms with Gasteiger partial charge < -0.3 is 4.74 Å². The number of non-ortho nitro benzene ring substituents is 1. The van der Waals surface area contributed by atoms with E-state index in [2.05, 4.69) is 9.97 Å². The van der Waals surface area contributed by atoms with E-state index < -0.39 is 4.92 Å². The van der Waals surface area contributed by atoms with Crippen LogP contribution in [0.5, 0.6) is 5.75 Å². The quantitative estimate of drug-likeness (QED) is 0.374. The van der Waals surface area contributed by atoms with Crippen molar-refractivity contribution in [3.63, 3.8) is 0 Å². The summed E-state index contributed by atoms with van der Waals surface area (Å²) in [6.07, 6.45) is 1.59. The molecule has 6 nitrogen and oxygen atoms in total. The Labute approximate surface area is 152 Å². The summed E-state index contributed by atoms with van der Waals surface area (Å²) in [5.41, 5.74) is 2.35. The summed E-state index contributed by atoms with van der Waals surface area (Å²) in [6, 6.07) is 16.3. The smallest absolute Gasteiger partial charge is 0.279 e. The maximum atomic E-state index is 11.2. The van der Waals surface area contributed by atoms with Crippen molar-refractivity contribution in [2.75, 3.05) is 0 Å². The predicted molar refractivity (Wildman–Crippen MR) is 100 cm³/mol. The topological polar surface area (TPSA) is 78.2 Å². The molecule has 2 aromatic heterocycles. The lowest BCUT2D eigenvalue weighted by atomic mass is 10.1. The van der Waals surface area contributed by atoms with Gasteiger partial charge in [0, 0.05) is 23.2 Å². The van der Waals surface area contributed by atoms with Crippen molar-refractivity contribution >= 4 is 27.9 Å². The molecule has 4 aromatic rings. The van der Waals surface area contributed by atoms with Crippen molar-refractivity contribution in [2.24, 2.45) is 0 Å². The first-order valence-corrected chi connectivity index (χ1v) is 8.75. The Hall–Kier alpha value is -3.32. The lowest BCUT2D eigenvalue weighted by molar-refractivity contribution is -0.383. The molecule has 0 saturated heterocycles. The number of rotatable bonds is 5. The van der Waals surface area contributed by atoms with Crippen molar-refractivity contribution < 1.29 is 9.66 Å². The fourth-order valence-corrected chi connectivity index (χ4v) is 3.46. The van der Waals surface area contributed by atoms with E-state index >= 15 is 0 Å². The Morgan fingerprint density at radius 2 is 1.92 bits per heavy atom. The fourth-order valence-electron chi connectivity index (χ4n) is 2.65. The molecule has 0 aliphatic heterocycles. The van der Waals surface area contributed by atoms with Crippen molar-refractivity contribution in [1.29, 1.82) is 0 Å². The summed E-state index contributed by atoms with van der Waals surface area (Å²) in [7, 11) is 0. The van der Waals surface area contributed by atoms with E-state index in [1.807, 2.05) is 35.7 Å². The van der Waals surface area contributed by atoms with Crippen LogP contribution in [0.15, 0.2) is 66.2 Å². The molecule has 0 saturated carbocycles. The second-order valence-corrected chi connectivity index (χ2v) is 6.40. The van der Waals surface area contributed by atoms with Crippen LogP contribution < -0.4 is 4.74 Å². The molecule has 0 bridgehead atoms. The number of nitrogens with zero attached hydrogens (tertiary/aromatic N) is 3. The molecule has 2 heterocycles. The molecule has 0 N–H and O–H groups in total. The summed E-state index contributed by atoms with van der Waals surface area (Å²) >= 11 is 1.55. The maximum absolute atomic E-state index is 11.2. The van der Waals surface area contributed by atoms with Crippen LogP contribution in [0.2, 0.25) is 0 Å². The van der Waals surface area contributed by atoms with Gasteiger partial charge in [0.1, 0.15) is 22.9 Å². The molecule has 0 spiro atoms. The Morgan fingerprint density at radius 3 is 2.73 bits per heavy atom. The minimum atomic E-state index is -0.416. The molecular weight excluding hydrogens is 350 g/mol. The molecule has 26 heavy (non-hydrogen) atoms. The van der Waals surface area contributed by atoms with Crippen LogP contribution in [0.3, 0.4) is 0 Å². The van der Waals surface area contributed by atoms with Gasteiger partial charge in [0.15, 0.2) is 0 Å². The second-order valence-electron chi connectivity index (χ2n) is 5.54. The number of fused-ring (bicyclic) bond motifs is 1. The third-order valence-corrected chi connectivity index (χ3v) is 4.79. The summed E-state index contributed by atoms with van der Waals surface area (Å²) in [5, 5.41) is 14.5. The number of aromatic nitrogens is 2. The largest absolute Gasteiger partial charge is 0.485 e. The molecule has 0 aliphatic carbocycles. The Balaban J connectivity index is 1.58. The summed E-state index contributed by atoms with van der Waals surface area (Å²) < 4.78 is 5.85. The van der Waals surface area contributed by atoms with Gasteiger partial charge in [-0.25, -0.2) is 4.98 Å². The number of benzene rings is 2. The summed E-state index contributed by atoms with van der Waals surface area (Å²) in [5.74, 6) is 0.500. The normalized spacial score (nSPS) is 10.8. The number of pyridine rings is 1. The van der Waals surface area contributed by atoms with Crippen molar-refractivity contribution in [1.82, 2.24) is 9.97 Å². The van der Waals surface area contributed by atoms with Gasteiger partial charge in [0.25, 0.3) is 5.69 Å². The molecule has 128 valence electrons. The lowest BCUT2D eigenvalue weighted by Crippen LogP contribution is -1.98. The predicted octanol–water partition coefficient (Wildman–Crippen LogP) is 4.85. The third kappa shape index (κ3) is 3.12. The van der Waals surface area contributed by atoms with Gasteiger partial charge in [0.2, 0.25) is 0 Å². The van der Waals surface area contributed by atoms with Crippen LogP contribution in [-0.2, 0) is 6.61 Å². The monoisotopic (exact) mass is 363 g/mol. The molecule has 2 aromatic carbocycles. The Morgan fingerprint density at radius 1 is 1.08 bits per heavy atom. The van der Waals surface area contributed by atoms with Crippen LogP contribution in [0.1, 0.15) is 5.69 Å². The zero-order valence-electron chi connectivity index (χ0n) is 13.5. The lowest BCUT2D eigenvalue weighted by Gasteiger charge is -2.07. The molecule has 7 heteroatoms. The molecule has 0 amide bonds. The van der Waals surface area contributed by atoms with Crippen LogP contribution in [0, 0.1) is 10.1 Å². The first kappa shape index (κ1) is 16.2. The van der Waals surface area contributed by atoms with E-state index in [1.165, 1.54) is 6.07 Å². The van der Waals surface area contributed by atoms with Gasteiger partial charge in [-0.2, -0.15) is 0 Å². The Bertz CT molecular complexity index is 1080. The van der Waals surface area contributed by atoms with Crippen molar-refractivity contribution in [2.45, 2.75) is 6.61 Å². The number of ether oxygens (including phenoxy) is 1. The third-order valence-electron chi connectivity index (χ3n) is 3.85. The fraction of sp³-hybridized carbons (Fsp3) is 0.0526. The number of hydrogen-bond donors (Lipinski definition) is 0. The number of thiazole rings is 1. The molecule has 4 rings (SSSR count). The van der Waals surface area contributed by atoms with E-state index in [0.29, 0.717) is 16.7 Å². The van der Waals surface area contributed by atoms with Gasteiger partial charge in [0.05, 0.1) is 16.0 Å². The minimum absolute atomic E-state index is 0.0143. The van der Waals surface area contributed by atoms with Gasteiger partial charge in [-0.05, 0) is 18.2 Å². The molecule has 0 fully saturated rings. The van der Waals surface area contributed by atoms with Crippen LogP contribution in [-0.4, -0.2) is 14.9 Å². The van der Waals surface area contributed by atoms with E-state index in [4.69, 9.17) is 4.74 Å². The number of nitro groups is 1. The number of nitro benzene ring substituents is 1. The summed E-state index contributed by atoms with van der Waals surface area (Å²) in [6.45, 7) is 0.271. The zero-order valence-corrected chi connectivity index (χ0v) is 14.3. The van der Waals surface area contributed by atoms with Crippen LogP contribution >= 0.6 is 11.3 Å². The van der Waals surface area contributed by atoms with Gasteiger partial charge in [-0.15, -0.1) is 11.3 Å².